The third-order valence-corrected chi connectivity index (χ3v) is 3.54. The van der Waals surface area contributed by atoms with Gasteiger partial charge in [0.15, 0.2) is 0 Å². The van der Waals surface area contributed by atoms with E-state index in [1.165, 1.54) is 30.6 Å². The van der Waals surface area contributed by atoms with Gasteiger partial charge in [-0.05, 0) is 25.7 Å². The number of ether oxygens (including phenoxy) is 1. The Morgan fingerprint density at radius 2 is 2.13 bits per heavy atom. The molecule has 3 nitrogen and oxygen atoms in total. The maximum absolute atomic E-state index is 10.7. The summed E-state index contributed by atoms with van der Waals surface area (Å²) in [7, 11) is 0. The van der Waals surface area contributed by atoms with Gasteiger partial charge in [-0.3, -0.25) is 0 Å². The second-order valence-corrected chi connectivity index (χ2v) is 4.74. The molecule has 0 aliphatic heterocycles. The average Bonchev–Trinajstić information content (AvgIpc) is 2.68. The zero-order valence-electron chi connectivity index (χ0n) is 8.44. The highest BCUT2D eigenvalue weighted by Gasteiger charge is 2.16. The topological polar surface area (TPSA) is 46.5 Å². The molecule has 0 radical (unpaired) electrons. The van der Waals surface area contributed by atoms with Crippen molar-refractivity contribution in [2.24, 2.45) is 0 Å². The summed E-state index contributed by atoms with van der Waals surface area (Å²) in [5.74, 6) is -0.164. The van der Waals surface area contributed by atoms with Crippen LogP contribution < -0.4 is 4.74 Å². The van der Waals surface area contributed by atoms with Gasteiger partial charge in [0.1, 0.15) is 10.6 Å². The van der Waals surface area contributed by atoms with Crippen molar-refractivity contribution in [1.82, 2.24) is 0 Å². The minimum absolute atomic E-state index is 0.287. The second-order valence-electron chi connectivity index (χ2n) is 3.83. The highest BCUT2D eigenvalue weighted by atomic mass is 32.1. The number of carboxylic acid groups (broad SMARTS) is 1. The Morgan fingerprint density at radius 3 is 2.73 bits per heavy atom. The lowest BCUT2D eigenvalue weighted by Gasteiger charge is -2.22. The summed E-state index contributed by atoms with van der Waals surface area (Å²) >= 11 is 1.22. The van der Waals surface area contributed by atoms with Crippen LogP contribution in [0.2, 0.25) is 0 Å². The van der Waals surface area contributed by atoms with Crippen LogP contribution in [-0.2, 0) is 0 Å². The molecule has 2 rings (SSSR count). The van der Waals surface area contributed by atoms with E-state index in [4.69, 9.17) is 9.84 Å². The summed E-state index contributed by atoms with van der Waals surface area (Å²) in [4.78, 5) is 11.0. The van der Waals surface area contributed by atoms with Gasteiger partial charge in [-0.25, -0.2) is 4.79 Å². The van der Waals surface area contributed by atoms with E-state index in [9.17, 15) is 4.79 Å². The Balaban J connectivity index is 1.94. The van der Waals surface area contributed by atoms with Crippen molar-refractivity contribution in [2.75, 3.05) is 0 Å². The Labute approximate surface area is 92.7 Å². The van der Waals surface area contributed by atoms with Crippen LogP contribution in [0.15, 0.2) is 11.4 Å². The van der Waals surface area contributed by atoms with Crippen LogP contribution in [-0.4, -0.2) is 17.2 Å². The summed E-state index contributed by atoms with van der Waals surface area (Å²) in [6.07, 6.45) is 6.22. The molecular formula is C11H14O3S. The minimum Gasteiger partial charge on any atom is -0.490 e. The van der Waals surface area contributed by atoms with Crippen LogP contribution >= 0.6 is 11.3 Å². The highest BCUT2D eigenvalue weighted by Crippen LogP contribution is 2.27. The lowest BCUT2D eigenvalue weighted by atomic mass is 9.98. The number of carbonyl (C=O) groups is 1. The SMILES string of the molecule is O=C(O)c1cc(OC2CCCCC2)cs1. The van der Waals surface area contributed by atoms with Crippen LogP contribution in [0.25, 0.3) is 0 Å². The quantitative estimate of drug-likeness (QED) is 0.861. The van der Waals surface area contributed by atoms with Crippen LogP contribution in [0.3, 0.4) is 0 Å². The zero-order valence-corrected chi connectivity index (χ0v) is 9.26. The predicted molar refractivity (Wildman–Crippen MR) is 58.8 cm³/mol. The summed E-state index contributed by atoms with van der Waals surface area (Å²) in [6.45, 7) is 0. The smallest absolute Gasteiger partial charge is 0.346 e. The van der Waals surface area contributed by atoms with Crippen LogP contribution in [0.5, 0.6) is 5.75 Å². The molecule has 1 N–H and O–H groups in total. The standard InChI is InChI=1S/C11H14O3S/c12-11(13)10-6-9(7-15-10)14-8-4-2-1-3-5-8/h6-8H,1-5H2,(H,12,13). The minimum atomic E-state index is -0.876. The Hall–Kier alpha value is -1.03. The normalized spacial score (nSPS) is 17.6. The Kier molecular flexibility index (Phi) is 3.26. The first-order valence-corrected chi connectivity index (χ1v) is 6.12. The predicted octanol–water partition coefficient (Wildman–Crippen LogP) is 3.16. The van der Waals surface area contributed by atoms with Gasteiger partial charge < -0.3 is 9.84 Å². The van der Waals surface area contributed by atoms with Gasteiger partial charge in [-0.2, -0.15) is 0 Å². The molecule has 1 aliphatic carbocycles. The third kappa shape index (κ3) is 2.72. The van der Waals surface area contributed by atoms with Crippen molar-refractivity contribution in [1.29, 1.82) is 0 Å². The number of hydrogen-bond donors (Lipinski definition) is 1. The van der Waals surface area contributed by atoms with Gasteiger partial charge in [-0.1, -0.05) is 6.42 Å². The van der Waals surface area contributed by atoms with Gasteiger partial charge in [0.2, 0.25) is 0 Å². The maximum Gasteiger partial charge on any atom is 0.346 e. The van der Waals surface area contributed by atoms with E-state index >= 15 is 0 Å². The molecule has 0 bridgehead atoms. The molecule has 0 amide bonds. The van der Waals surface area contributed by atoms with E-state index in [0.717, 1.165) is 12.8 Å². The van der Waals surface area contributed by atoms with E-state index < -0.39 is 5.97 Å². The Bertz CT molecular complexity index is 339. The van der Waals surface area contributed by atoms with Crippen LogP contribution in [0.1, 0.15) is 41.8 Å². The number of aromatic carboxylic acids is 1. The molecule has 15 heavy (non-hydrogen) atoms. The van der Waals surface area contributed by atoms with Gasteiger partial charge in [-0.15, -0.1) is 11.3 Å². The molecule has 0 atom stereocenters. The van der Waals surface area contributed by atoms with Crippen molar-refractivity contribution >= 4 is 17.3 Å². The van der Waals surface area contributed by atoms with Crippen LogP contribution in [0, 0.1) is 0 Å². The maximum atomic E-state index is 10.7. The molecule has 1 heterocycles. The summed E-state index contributed by atoms with van der Waals surface area (Å²) < 4.78 is 5.73. The average molecular weight is 226 g/mol. The van der Waals surface area contributed by atoms with E-state index in [2.05, 4.69) is 0 Å². The molecule has 1 aromatic rings. The fourth-order valence-corrected chi connectivity index (χ4v) is 2.52. The molecule has 82 valence electrons. The van der Waals surface area contributed by atoms with E-state index in [-0.39, 0.29) is 6.10 Å². The molecule has 1 aliphatic rings. The first kappa shape index (κ1) is 10.5. The van der Waals surface area contributed by atoms with Gasteiger partial charge in [0, 0.05) is 11.4 Å². The molecule has 1 fully saturated rings. The van der Waals surface area contributed by atoms with Gasteiger partial charge in [0.05, 0.1) is 6.10 Å². The van der Waals surface area contributed by atoms with Gasteiger partial charge >= 0.3 is 5.97 Å². The lowest BCUT2D eigenvalue weighted by Crippen LogP contribution is -2.19. The lowest BCUT2D eigenvalue weighted by molar-refractivity contribution is 0.0701. The van der Waals surface area contributed by atoms with E-state index in [0.29, 0.717) is 10.6 Å². The highest BCUT2D eigenvalue weighted by molar-refractivity contribution is 7.12. The first-order valence-electron chi connectivity index (χ1n) is 5.24. The molecule has 0 unspecified atom stereocenters. The van der Waals surface area contributed by atoms with Gasteiger partial charge in [0.25, 0.3) is 0 Å². The molecule has 4 heteroatoms. The molecule has 0 aromatic carbocycles. The number of rotatable bonds is 3. The zero-order chi connectivity index (χ0) is 10.7. The first-order chi connectivity index (χ1) is 7.25. The molecule has 1 saturated carbocycles. The van der Waals surface area contributed by atoms with Crippen molar-refractivity contribution in [3.8, 4) is 5.75 Å². The molecule has 0 spiro atoms. The number of carboxylic acids is 1. The van der Waals surface area contributed by atoms with Crippen molar-refractivity contribution in [3.63, 3.8) is 0 Å². The van der Waals surface area contributed by atoms with E-state index in [1.54, 1.807) is 11.4 Å². The largest absolute Gasteiger partial charge is 0.490 e. The summed E-state index contributed by atoms with van der Waals surface area (Å²) in [5.41, 5.74) is 0. The van der Waals surface area contributed by atoms with Crippen LogP contribution in [0.4, 0.5) is 0 Å². The van der Waals surface area contributed by atoms with E-state index in [1.807, 2.05) is 0 Å². The molecule has 1 aromatic heterocycles. The fraction of sp³-hybridized carbons (Fsp3) is 0.545. The Morgan fingerprint density at radius 1 is 1.40 bits per heavy atom. The second kappa shape index (κ2) is 4.66. The summed E-state index contributed by atoms with van der Waals surface area (Å²) in [5, 5.41) is 10.5. The van der Waals surface area contributed by atoms with Crippen molar-refractivity contribution in [2.45, 2.75) is 38.2 Å². The van der Waals surface area contributed by atoms with Crippen molar-refractivity contribution < 1.29 is 14.6 Å². The molecule has 0 saturated heterocycles. The summed E-state index contributed by atoms with van der Waals surface area (Å²) in [6, 6.07) is 1.61. The third-order valence-electron chi connectivity index (χ3n) is 2.64. The monoisotopic (exact) mass is 226 g/mol. The number of thiophene rings is 1. The van der Waals surface area contributed by atoms with Crippen molar-refractivity contribution in [3.05, 3.63) is 16.3 Å². The number of hydrogen-bond acceptors (Lipinski definition) is 3. The molecular weight excluding hydrogens is 212 g/mol. The fourth-order valence-electron chi connectivity index (χ4n) is 1.87.